The lowest BCUT2D eigenvalue weighted by Crippen LogP contribution is -2.48. The number of nitrogens with zero attached hydrogens (tertiary/aromatic N) is 2. The van der Waals surface area contributed by atoms with Crippen molar-refractivity contribution >= 4 is 41.5 Å². The fourth-order valence-corrected chi connectivity index (χ4v) is 3.71. The van der Waals surface area contributed by atoms with E-state index in [1.807, 2.05) is 12.1 Å². The van der Waals surface area contributed by atoms with Gasteiger partial charge in [-0.2, -0.15) is 0 Å². The van der Waals surface area contributed by atoms with Crippen molar-refractivity contribution in [3.8, 4) is 0 Å². The van der Waals surface area contributed by atoms with Crippen LogP contribution in [0.25, 0.3) is 0 Å². The van der Waals surface area contributed by atoms with Gasteiger partial charge in [-0.25, -0.2) is 4.98 Å². The predicted octanol–water partition coefficient (Wildman–Crippen LogP) is 4.66. The summed E-state index contributed by atoms with van der Waals surface area (Å²) in [4.78, 5) is 8.72. The Balaban J connectivity index is 0.00000320. The molecule has 0 saturated carbocycles. The molecule has 1 aliphatic heterocycles. The summed E-state index contributed by atoms with van der Waals surface area (Å²) >= 11 is 6.26. The van der Waals surface area contributed by atoms with Crippen molar-refractivity contribution < 1.29 is 9.15 Å². The Morgan fingerprint density at radius 2 is 1.97 bits per heavy atom. The molecule has 1 aromatic heterocycles. The van der Waals surface area contributed by atoms with Crippen LogP contribution in [-0.4, -0.2) is 37.7 Å². The number of nitrogens with one attached hydrogen (secondary N) is 2. The predicted molar refractivity (Wildman–Crippen MR) is 132 cm³/mol. The number of benzene rings is 1. The van der Waals surface area contributed by atoms with Crippen molar-refractivity contribution in [2.24, 2.45) is 4.99 Å². The first kappa shape index (κ1) is 24.9. The third kappa shape index (κ3) is 6.34. The first-order valence-corrected chi connectivity index (χ1v) is 10.4. The monoisotopic (exact) mass is 546 g/mol. The molecule has 3 rings (SSSR count). The summed E-state index contributed by atoms with van der Waals surface area (Å²) in [5.74, 6) is 2.24. The number of rotatable bonds is 5. The van der Waals surface area contributed by atoms with Crippen LogP contribution in [-0.2, 0) is 22.1 Å². The second-order valence-electron chi connectivity index (χ2n) is 8.55. The summed E-state index contributed by atoms with van der Waals surface area (Å²) in [5.41, 5.74) is 1.14. The molecule has 2 heterocycles. The number of hydrogen-bond acceptors (Lipinski definition) is 4. The summed E-state index contributed by atoms with van der Waals surface area (Å²) in [6.07, 6.45) is 3.67. The van der Waals surface area contributed by atoms with Crippen LogP contribution in [0.5, 0.6) is 0 Å². The number of aliphatic imine (C=N–C) groups is 1. The highest BCUT2D eigenvalue weighted by molar-refractivity contribution is 14.0. The molecule has 0 aliphatic carbocycles. The summed E-state index contributed by atoms with van der Waals surface area (Å²) in [5, 5.41) is 7.53. The van der Waals surface area contributed by atoms with Gasteiger partial charge in [-0.3, -0.25) is 4.99 Å². The molecule has 8 heteroatoms. The van der Waals surface area contributed by atoms with Gasteiger partial charge in [-0.05, 0) is 30.5 Å². The number of hydrogen-bond donors (Lipinski definition) is 2. The van der Waals surface area contributed by atoms with Crippen molar-refractivity contribution in [3.05, 3.63) is 52.7 Å². The molecule has 6 nitrogen and oxygen atoms in total. The molecule has 0 atom stereocenters. The second kappa shape index (κ2) is 10.8. The smallest absolute Gasteiger partial charge is 0.213 e. The van der Waals surface area contributed by atoms with Crippen molar-refractivity contribution in [2.45, 2.75) is 51.0 Å². The van der Waals surface area contributed by atoms with E-state index in [0.717, 1.165) is 43.4 Å². The molecule has 2 aromatic rings. The zero-order valence-electron chi connectivity index (χ0n) is 18.1. The standard InChI is InChI=1S/C22H31ClN4O2.HI/c1-21(2,3)18-13-25-19(29-18)14-26-20(24-4)27-15-22(8-10-28-11-9-22)16-6-5-7-17(23)12-16;/h5-7,12-13H,8-11,14-15H2,1-4H3,(H2,24,26,27);1H. The Labute approximate surface area is 201 Å². The van der Waals surface area contributed by atoms with Crippen LogP contribution in [0.3, 0.4) is 0 Å². The maximum Gasteiger partial charge on any atom is 0.213 e. The second-order valence-corrected chi connectivity index (χ2v) is 8.99. The van der Waals surface area contributed by atoms with E-state index in [-0.39, 0.29) is 34.8 Å². The summed E-state index contributed by atoms with van der Waals surface area (Å²) in [6, 6.07) is 8.13. The minimum Gasteiger partial charge on any atom is -0.443 e. The van der Waals surface area contributed by atoms with Crippen LogP contribution in [0.2, 0.25) is 5.02 Å². The number of aromatic nitrogens is 1. The van der Waals surface area contributed by atoms with Gasteiger partial charge in [0.05, 0.1) is 12.7 Å². The van der Waals surface area contributed by atoms with Gasteiger partial charge in [0.1, 0.15) is 5.76 Å². The molecule has 0 spiro atoms. The van der Waals surface area contributed by atoms with Gasteiger partial charge in [0.25, 0.3) is 0 Å². The zero-order valence-corrected chi connectivity index (χ0v) is 21.2. The average molecular weight is 547 g/mol. The summed E-state index contributed by atoms with van der Waals surface area (Å²) < 4.78 is 11.5. The van der Waals surface area contributed by atoms with E-state index in [9.17, 15) is 0 Å². The number of oxazole rings is 1. The van der Waals surface area contributed by atoms with Gasteiger partial charge >= 0.3 is 0 Å². The Bertz CT molecular complexity index is 842. The van der Waals surface area contributed by atoms with Gasteiger partial charge in [-0.1, -0.05) is 44.5 Å². The van der Waals surface area contributed by atoms with Crippen LogP contribution < -0.4 is 10.6 Å². The molecule has 30 heavy (non-hydrogen) atoms. The minimum absolute atomic E-state index is 0. The van der Waals surface area contributed by atoms with Gasteiger partial charge in [0.2, 0.25) is 5.89 Å². The van der Waals surface area contributed by atoms with E-state index in [4.69, 9.17) is 20.8 Å². The van der Waals surface area contributed by atoms with Gasteiger partial charge in [0, 0.05) is 42.7 Å². The van der Waals surface area contributed by atoms with Crippen molar-refractivity contribution in [1.82, 2.24) is 15.6 Å². The van der Waals surface area contributed by atoms with Gasteiger partial charge in [0.15, 0.2) is 5.96 Å². The van der Waals surface area contributed by atoms with E-state index in [1.54, 1.807) is 13.2 Å². The SMILES string of the molecule is CN=C(NCc1ncc(C(C)(C)C)o1)NCC1(c2cccc(Cl)c2)CCOCC1.I. The topological polar surface area (TPSA) is 71.7 Å². The zero-order chi connectivity index (χ0) is 20.9. The summed E-state index contributed by atoms with van der Waals surface area (Å²) in [7, 11) is 1.77. The van der Waals surface area contributed by atoms with Crippen LogP contribution in [0, 0.1) is 0 Å². The van der Waals surface area contributed by atoms with E-state index >= 15 is 0 Å². The minimum atomic E-state index is -0.0580. The number of ether oxygens (including phenoxy) is 1. The molecule has 1 fully saturated rings. The molecule has 0 amide bonds. The van der Waals surface area contributed by atoms with Gasteiger partial charge in [-0.15, -0.1) is 24.0 Å². The normalized spacial score (nSPS) is 16.6. The van der Waals surface area contributed by atoms with Crippen molar-refractivity contribution in [3.63, 3.8) is 0 Å². The Hall–Kier alpha value is -1.32. The molecule has 2 N–H and O–H groups in total. The highest BCUT2D eigenvalue weighted by atomic mass is 127. The molecular formula is C22H32ClIN4O2. The molecule has 0 radical (unpaired) electrons. The van der Waals surface area contributed by atoms with E-state index in [1.165, 1.54) is 5.56 Å². The molecule has 1 aliphatic rings. The fraction of sp³-hybridized carbons (Fsp3) is 0.545. The van der Waals surface area contributed by atoms with Crippen LogP contribution >= 0.6 is 35.6 Å². The Kier molecular flexibility index (Phi) is 8.99. The van der Waals surface area contributed by atoms with Crippen molar-refractivity contribution in [1.29, 1.82) is 0 Å². The van der Waals surface area contributed by atoms with E-state index < -0.39 is 0 Å². The molecule has 166 valence electrons. The van der Waals surface area contributed by atoms with Crippen molar-refractivity contribution in [2.75, 3.05) is 26.8 Å². The maximum absolute atomic E-state index is 6.26. The highest BCUT2D eigenvalue weighted by Gasteiger charge is 2.34. The fourth-order valence-electron chi connectivity index (χ4n) is 3.52. The van der Waals surface area contributed by atoms with Crippen LogP contribution in [0.15, 0.2) is 39.9 Å². The largest absolute Gasteiger partial charge is 0.443 e. The lowest BCUT2D eigenvalue weighted by molar-refractivity contribution is 0.0514. The Morgan fingerprint density at radius 1 is 1.23 bits per heavy atom. The third-order valence-electron chi connectivity index (χ3n) is 5.40. The third-order valence-corrected chi connectivity index (χ3v) is 5.64. The molecular weight excluding hydrogens is 515 g/mol. The maximum atomic E-state index is 6.26. The highest BCUT2D eigenvalue weighted by Crippen LogP contribution is 2.35. The molecule has 1 saturated heterocycles. The lowest BCUT2D eigenvalue weighted by Gasteiger charge is -2.38. The number of halogens is 2. The Morgan fingerprint density at radius 3 is 2.57 bits per heavy atom. The molecule has 1 aromatic carbocycles. The quantitative estimate of drug-likeness (QED) is 0.324. The number of guanidine groups is 1. The van der Waals surface area contributed by atoms with Crippen LogP contribution in [0.1, 0.15) is 50.8 Å². The van der Waals surface area contributed by atoms with E-state index in [0.29, 0.717) is 18.4 Å². The van der Waals surface area contributed by atoms with Crippen LogP contribution in [0.4, 0.5) is 0 Å². The first-order chi connectivity index (χ1) is 13.8. The lowest BCUT2D eigenvalue weighted by atomic mass is 9.74. The molecule has 0 unspecified atom stereocenters. The average Bonchev–Trinajstić information content (AvgIpc) is 3.18. The molecule has 0 bridgehead atoms. The van der Waals surface area contributed by atoms with E-state index in [2.05, 4.69) is 53.5 Å². The van der Waals surface area contributed by atoms with Gasteiger partial charge < -0.3 is 19.8 Å². The first-order valence-electron chi connectivity index (χ1n) is 10.1. The summed E-state index contributed by atoms with van der Waals surface area (Å²) in [6.45, 7) is 9.02.